The molecule has 2 heterocycles. The van der Waals surface area contributed by atoms with E-state index in [0.29, 0.717) is 12.2 Å². The van der Waals surface area contributed by atoms with Crippen LogP contribution in [0.2, 0.25) is 0 Å². The highest BCUT2D eigenvalue weighted by Gasteiger charge is 2.23. The zero-order valence-corrected chi connectivity index (χ0v) is 15.8. The van der Waals surface area contributed by atoms with E-state index in [4.69, 9.17) is 9.47 Å². The second kappa shape index (κ2) is 10.2. The number of likely N-dealkylation sites (tertiary alicyclic amines) is 1. The average Bonchev–Trinajstić information content (AvgIpc) is 3.18. The minimum Gasteiger partial charge on any atom is -0.376 e. The second-order valence-electron chi connectivity index (χ2n) is 7.49. The van der Waals surface area contributed by atoms with Crippen LogP contribution in [0, 0.1) is 0 Å². The predicted molar refractivity (Wildman–Crippen MR) is 102 cm³/mol. The lowest BCUT2D eigenvalue weighted by molar-refractivity contribution is -0.0721. The first kappa shape index (κ1) is 18.7. The van der Waals surface area contributed by atoms with Gasteiger partial charge in [0.1, 0.15) is 0 Å². The van der Waals surface area contributed by atoms with Gasteiger partial charge in [-0.25, -0.2) is 0 Å². The highest BCUT2D eigenvalue weighted by Crippen LogP contribution is 2.20. The first-order valence-corrected chi connectivity index (χ1v) is 10.2. The van der Waals surface area contributed by atoms with Gasteiger partial charge in [-0.15, -0.1) is 0 Å². The third-order valence-corrected chi connectivity index (χ3v) is 5.61. The topological polar surface area (TPSA) is 46.1 Å². The fourth-order valence-electron chi connectivity index (χ4n) is 4.05. The summed E-state index contributed by atoms with van der Waals surface area (Å²) < 4.78 is 11.9. The SMILES string of the molecule is CN=C(NCCC1=CCCC1)N1CCC(OCC2CCCCO2)CC1. The first-order valence-electron chi connectivity index (χ1n) is 10.2. The van der Waals surface area contributed by atoms with Gasteiger partial charge in [-0.3, -0.25) is 4.99 Å². The molecule has 25 heavy (non-hydrogen) atoms. The molecule has 0 spiro atoms. The lowest BCUT2D eigenvalue weighted by Crippen LogP contribution is -2.47. The minimum atomic E-state index is 0.325. The molecule has 1 atom stereocenters. The van der Waals surface area contributed by atoms with Crippen molar-refractivity contribution in [1.29, 1.82) is 0 Å². The van der Waals surface area contributed by atoms with E-state index >= 15 is 0 Å². The molecule has 0 saturated carbocycles. The molecule has 0 aromatic rings. The lowest BCUT2D eigenvalue weighted by Gasteiger charge is -2.35. The molecule has 3 rings (SSSR count). The summed E-state index contributed by atoms with van der Waals surface area (Å²) in [6.45, 7) is 4.73. The fraction of sp³-hybridized carbons (Fsp3) is 0.850. The first-order chi connectivity index (χ1) is 12.3. The van der Waals surface area contributed by atoms with Crippen LogP contribution >= 0.6 is 0 Å². The van der Waals surface area contributed by atoms with Crippen LogP contribution in [-0.4, -0.2) is 63.0 Å². The summed E-state index contributed by atoms with van der Waals surface area (Å²) in [5, 5.41) is 3.54. The molecule has 0 aromatic carbocycles. The number of guanidine groups is 1. The van der Waals surface area contributed by atoms with E-state index in [1.165, 1.54) is 32.1 Å². The van der Waals surface area contributed by atoms with Gasteiger partial charge >= 0.3 is 0 Å². The van der Waals surface area contributed by atoms with E-state index in [0.717, 1.165) is 64.5 Å². The molecular formula is C20H35N3O2. The Labute approximate surface area is 152 Å². The van der Waals surface area contributed by atoms with Gasteiger partial charge in [0, 0.05) is 33.3 Å². The smallest absolute Gasteiger partial charge is 0.193 e. The van der Waals surface area contributed by atoms with Gasteiger partial charge < -0.3 is 19.7 Å². The van der Waals surface area contributed by atoms with Crippen LogP contribution in [0.3, 0.4) is 0 Å². The maximum atomic E-state index is 6.11. The van der Waals surface area contributed by atoms with E-state index < -0.39 is 0 Å². The highest BCUT2D eigenvalue weighted by atomic mass is 16.5. The van der Waals surface area contributed by atoms with Crippen LogP contribution < -0.4 is 5.32 Å². The number of allylic oxidation sites excluding steroid dienone is 1. The average molecular weight is 350 g/mol. The number of hydrogen-bond acceptors (Lipinski definition) is 3. The number of piperidine rings is 1. The van der Waals surface area contributed by atoms with Crippen molar-refractivity contribution >= 4 is 5.96 Å². The summed E-state index contributed by atoms with van der Waals surface area (Å²) in [5.41, 5.74) is 1.61. The second-order valence-corrected chi connectivity index (χ2v) is 7.49. The molecule has 2 aliphatic heterocycles. The van der Waals surface area contributed by atoms with E-state index in [1.807, 2.05) is 7.05 Å². The predicted octanol–water partition coefficient (Wildman–Crippen LogP) is 3.11. The van der Waals surface area contributed by atoms with Crippen molar-refractivity contribution in [2.75, 3.05) is 39.9 Å². The molecule has 2 fully saturated rings. The van der Waals surface area contributed by atoms with Crippen molar-refractivity contribution in [2.24, 2.45) is 4.99 Å². The number of hydrogen-bond donors (Lipinski definition) is 1. The van der Waals surface area contributed by atoms with Crippen LogP contribution in [0.4, 0.5) is 0 Å². The monoisotopic (exact) mass is 349 g/mol. The van der Waals surface area contributed by atoms with E-state index in [9.17, 15) is 0 Å². The van der Waals surface area contributed by atoms with E-state index in [1.54, 1.807) is 5.57 Å². The van der Waals surface area contributed by atoms with Gasteiger partial charge in [-0.05, 0) is 57.8 Å². The van der Waals surface area contributed by atoms with E-state index in [-0.39, 0.29) is 0 Å². The summed E-state index contributed by atoms with van der Waals surface area (Å²) >= 11 is 0. The molecule has 142 valence electrons. The number of ether oxygens (including phenoxy) is 2. The highest BCUT2D eigenvalue weighted by molar-refractivity contribution is 5.79. The van der Waals surface area contributed by atoms with Crippen LogP contribution in [0.5, 0.6) is 0 Å². The van der Waals surface area contributed by atoms with Gasteiger partial charge in [0.25, 0.3) is 0 Å². The molecule has 1 unspecified atom stereocenters. The summed E-state index contributed by atoms with van der Waals surface area (Å²) in [4.78, 5) is 6.85. The Hall–Kier alpha value is -1.07. The van der Waals surface area contributed by atoms with Gasteiger partial charge in [0.15, 0.2) is 5.96 Å². The maximum absolute atomic E-state index is 6.11. The van der Waals surface area contributed by atoms with Crippen molar-refractivity contribution < 1.29 is 9.47 Å². The number of nitrogens with one attached hydrogen (secondary N) is 1. The van der Waals surface area contributed by atoms with Crippen molar-refractivity contribution in [3.8, 4) is 0 Å². The third-order valence-electron chi connectivity index (χ3n) is 5.61. The fourth-order valence-corrected chi connectivity index (χ4v) is 4.05. The Bertz CT molecular complexity index is 450. The Morgan fingerprint density at radius 3 is 2.84 bits per heavy atom. The van der Waals surface area contributed by atoms with Crippen LogP contribution in [0.25, 0.3) is 0 Å². The summed E-state index contributed by atoms with van der Waals surface area (Å²) in [5.74, 6) is 1.05. The molecule has 5 nitrogen and oxygen atoms in total. The summed E-state index contributed by atoms with van der Waals surface area (Å²) in [6, 6.07) is 0. The number of aliphatic imine (C=N–C) groups is 1. The number of nitrogens with zero attached hydrogens (tertiary/aromatic N) is 2. The van der Waals surface area contributed by atoms with E-state index in [2.05, 4.69) is 21.3 Å². The molecule has 1 N–H and O–H groups in total. The van der Waals surface area contributed by atoms with Crippen molar-refractivity contribution in [2.45, 2.75) is 70.0 Å². The van der Waals surface area contributed by atoms with Crippen LogP contribution in [-0.2, 0) is 9.47 Å². The largest absolute Gasteiger partial charge is 0.376 e. The van der Waals surface area contributed by atoms with Crippen molar-refractivity contribution in [3.63, 3.8) is 0 Å². The van der Waals surface area contributed by atoms with Gasteiger partial charge in [-0.2, -0.15) is 0 Å². The van der Waals surface area contributed by atoms with Crippen molar-refractivity contribution in [3.05, 3.63) is 11.6 Å². The van der Waals surface area contributed by atoms with Gasteiger partial charge in [-0.1, -0.05) is 11.6 Å². The molecule has 0 amide bonds. The molecule has 0 aromatic heterocycles. The molecule has 5 heteroatoms. The quantitative estimate of drug-likeness (QED) is 0.455. The molecule has 1 aliphatic carbocycles. The molecule has 3 aliphatic rings. The summed E-state index contributed by atoms with van der Waals surface area (Å²) in [6.07, 6.45) is 14.0. The van der Waals surface area contributed by atoms with Crippen molar-refractivity contribution in [1.82, 2.24) is 10.2 Å². The molecular weight excluding hydrogens is 314 g/mol. The van der Waals surface area contributed by atoms with Crippen LogP contribution in [0.1, 0.15) is 57.8 Å². The summed E-state index contributed by atoms with van der Waals surface area (Å²) in [7, 11) is 1.89. The van der Waals surface area contributed by atoms with Crippen LogP contribution in [0.15, 0.2) is 16.6 Å². The van der Waals surface area contributed by atoms with Gasteiger partial charge in [0.05, 0.1) is 18.8 Å². The maximum Gasteiger partial charge on any atom is 0.193 e. The Balaban J connectivity index is 1.32. The Kier molecular flexibility index (Phi) is 7.61. The normalized spacial score (nSPS) is 26.0. The standard InChI is InChI=1S/C20H35N3O2/c1-21-20(22-12-9-17-6-2-3-7-17)23-13-10-18(11-14-23)25-16-19-8-4-5-15-24-19/h6,18-19H,2-5,7-16H2,1H3,(H,21,22). The molecule has 0 bridgehead atoms. The Morgan fingerprint density at radius 1 is 1.28 bits per heavy atom. The lowest BCUT2D eigenvalue weighted by atomic mass is 10.1. The zero-order valence-electron chi connectivity index (χ0n) is 15.8. The zero-order chi connectivity index (χ0) is 17.3. The van der Waals surface area contributed by atoms with Gasteiger partial charge in [0.2, 0.25) is 0 Å². The third kappa shape index (κ3) is 6.00. The Morgan fingerprint density at radius 2 is 2.16 bits per heavy atom. The molecule has 0 radical (unpaired) electrons. The molecule has 2 saturated heterocycles. The minimum absolute atomic E-state index is 0.325. The number of rotatable bonds is 6.